The fourth-order valence-electron chi connectivity index (χ4n) is 4.58. The van der Waals surface area contributed by atoms with Crippen molar-refractivity contribution in [3.8, 4) is 0 Å². The molecule has 2 N–H and O–H groups in total. The van der Waals surface area contributed by atoms with Crippen LogP contribution in [0.3, 0.4) is 0 Å². The third-order valence-corrected chi connectivity index (χ3v) is 6.05. The number of anilines is 1. The molecule has 3 fully saturated rings. The van der Waals surface area contributed by atoms with Gasteiger partial charge in [-0.05, 0) is 50.2 Å². The smallest absolute Gasteiger partial charge is 0.249 e. The molecule has 1 aromatic carbocycles. The lowest BCUT2D eigenvalue weighted by Crippen LogP contribution is -2.44. The second kappa shape index (κ2) is 6.96. The van der Waals surface area contributed by atoms with E-state index in [1.54, 1.807) is 11.0 Å². The van der Waals surface area contributed by atoms with Crippen LogP contribution in [0.15, 0.2) is 24.3 Å². The quantitative estimate of drug-likeness (QED) is 0.866. The van der Waals surface area contributed by atoms with Gasteiger partial charge in [0.25, 0.3) is 0 Å². The average molecular weight is 362 g/mol. The number of fused-ring (bicyclic) bond motifs is 2. The van der Waals surface area contributed by atoms with Crippen LogP contribution in [0, 0.1) is 5.92 Å². The number of nitrogens with one attached hydrogen (secondary N) is 2. The number of carbonyl (C=O) groups is 2. The predicted molar refractivity (Wildman–Crippen MR) is 97.6 cm³/mol. The molecule has 3 saturated heterocycles. The lowest BCUT2D eigenvalue weighted by atomic mass is 9.89. The molecule has 134 valence electrons. The fourth-order valence-corrected chi connectivity index (χ4v) is 4.82. The summed E-state index contributed by atoms with van der Waals surface area (Å²) in [6.45, 7) is 0.588. The molecule has 25 heavy (non-hydrogen) atoms. The fraction of sp³-hybridized carbons (Fsp3) is 0.579. The van der Waals surface area contributed by atoms with E-state index in [0.29, 0.717) is 42.4 Å². The van der Waals surface area contributed by atoms with Gasteiger partial charge in [-0.3, -0.25) is 9.59 Å². The molecule has 5 nitrogen and oxygen atoms in total. The van der Waals surface area contributed by atoms with Crippen molar-refractivity contribution in [1.82, 2.24) is 10.6 Å². The highest BCUT2D eigenvalue weighted by atomic mass is 35.5. The molecule has 2 amide bonds. The van der Waals surface area contributed by atoms with Crippen molar-refractivity contribution in [3.05, 3.63) is 29.3 Å². The van der Waals surface area contributed by atoms with Crippen molar-refractivity contribution in [2.24, 2.45) is 5.92 Å². The largest absolute Gasteiger partial charge is 0.344 e. The Kier molecular flexibility index (Phi) is 4.69. The molecule has 0 saturated carbocycles. The first-order valence-corrected chi connectivity index (χ1v) is 9.59. The summed E-state index contributed by atoms with van der Waals surface area (Å²) in [5.74, 6) is 0.382. The maximum absolute atomic E-state index is 12.6. The summed E-state index contributed by atoms with van der Waals surface area (Å²) >= 11 is 6.20. The van der Waals surface area contributed by atoms with Crippen molar-refractivity contribution in [2.45, 2.75) is 56.7 Å². The minimum Gasteiger partial charge on any atom is -0.344 e. The number of benzene rings is 1. The van der Waals surface area contributed by atoms with Gasteiger partial charge in [-0.2, -0.15) is 0 Å². The number of hydrogen-bond donors (Lipinski definition) is 2. The average Bonchev–Trinajstić information content (AvgIpc) is 3.11. The van der Waals surface area contributed by atoms with Gasteiger partial charge in [-0.15, -0.1) is 0 Å². The van der Waals surface area contributed by atoms with E-state index < -0.39 is 6.04 Å². The third-order valence-electron chi connectivity index (χ3n) is 5.73. The van der Waals surface area contributed by atoms with Crippen molar-refractivity contribution >= 4 is 29.1 Å². The number of rotatable bonds is 4. The van der Waals surface area contributed by atoms with E-state index in [1.807, 2.05) is 18.2 Å². The van der Waals surface area contributed by atoms with Crippen LogP contribution in [-0.2, 0) is 9.59 Å². The lowest BCUT2D eigenvalue weighted by molar-refractivity contribution is -0.127. The molecule has 3 heterocycles. The van der Waals surface area contributed by atoms with E-state index in [2.05, 4.69) is 10.6 Å². The van der Waals surface area contributed by atoms with Crippen LogP contribution in [0.25, 0.3) is 0 Å². The number of halogens is 1. The minimum absolute atomic E-state index is 0.00524. The molecule has 6 heteroatoms. The van der Waals surface area contributed by atoms with Crippen molar-refractivity contribution in [2.75, 3.05) is 11.4 Å². The van der Waals surface area contributed by atoms with Gasteiger partial charge in [0.15, 0.2) is 0 Å². The summed E-state index contributed by atoms with van der Waals surface area (Å²) in [5.41, 5.74) is 0.723. The molecular weight excluding hydrogens is 338 g/mol. The van der Waals surface area contributed by atoms with Crippen LogP contribution in [0.5, 0.6) is 0 Å². The van der Waals surface area contributed by atoms with E-state index in [9.17, 15) is 9.59 Å². The topological polar surface area (TPSA) is 61.4 Å². The Hall–Kier alpha value is -1.59. The maximum Gasteiger partial charge on any atom is 0.249 e. The van der Waals surface area contributed by atoms with Gasteiger partial charge in [0.05, 0.1) is 10.7 Å². The summed E-state index contributed by atoms with van der Waals surface area (Å²) < 4.78 is 0. The minimum atomic E-state index is -0.429. The highest BCUT2D eigenvalue weighted by Gasteiger charge is 2.37. The van der Waals surface area contributed by atoms with Gasteiger partial charge in [0.1, 0.15) is 6.04 Å². The predicted octanol–water partition coefficient (Wildman–Crippen LogP) is 2.48. The van der Waals surface area contributed by atoms with Gasteiger partial charge >= 0.3 is 0 Å². The number of hydrogen-bond acceptors (Lipinski definition) is 3. The highest BCUT2D eigenvalue weighted by Crippen LogP contribution is 2.33. The Morgan fingerprint density at radius 1 is 1.20 bits per heavy atom. The van der Waals surface area contributed by atoms with Crippen LogP contribution < -0.4 is 15.5 Å². The Morgan fingerprint density at radius 3 is 2.64 bits per heavy atom. The van der Waals surface area contributed by atoms with Crippen molar-refractivity contribution in [1.29, 1.82) is 0 Å². The maximum atomic E-state index is 12.6. The standard InChI is InChI=1S/C19H24ClN3O2/c20-15-3-1-2-4-17(15)23-8-7-16(19(23)25)22-18(24)11-12-9-13-5-6-14(10-12)21-13/h1-4,12-14,16,21H,5-11H2,(H,22,24). The summed E-state index contributed by atoms with van der Waals surface area (Å²) in [5, 5.41) is 7.11. The van der Waals surface area contributed by atoms with Gasteiger partial charge < -0.3 is 15.5 Å². The molecule has 2 bridgehead atoms. The summed E-state index contributed by atoms with van der Waals surface area (Å²) in [6.07, 6.45) is 5.79. The van der Waals surface area contributed by atoms with E-state index >= 15 is 0 Å². The molecule has 0 aromatic heterocycles. The zero-order chi connectivity index (χ0) is 17.4. The Labute approximate surface area is 153 Å². The number of amides is 2. The molecule has 1 aromatic rings. The van der Waals surface area contributed by atoms with Gasteiger partial charge in [0.2, 0.25) is 11.8 Å². The Balaban J connectivity index is 1.33. The summed E-state index contributed by atoms with van der Waals surface area (Å²) in [7, 11) is 0. The van der Waals surface area contributed by atoms with Gasteiger partial charge in [-0.1, -0.05) is 23.7 Å². The Bertz CT molecular complexity index is 668. The third kappa shape index (κ3) is 3.53. The van der Waals surface area contributed by atoms with Gasteiger partial charge in [-0.25, -0.2) is 0 Å². The van der Waals surface area contributed by atoms with Crippen LogP contribution in [0.2, 0.25) is 5.02 Å². The summed E-state index contributed by atoms with van der Waals surface area (Å²) in [6, 6.07) is 8.07. The first kappa shape index (κ1) is 16.9. The van der Waals surface area contributed by atoms with Gasteiger partial charge in [0, 0.05) is 25.0 Å². The number of piperidine rings is 1. The molecule has 3 aliphatic rings. The van der Waals surface area contributed by atoms with Crippen LogP contribution in [0.4, 0.5) is 5.69 Å². The van der Waals surface area contributed by atoms with Crippen LogP contribution >= 0.6 is 11.6 Å². The molecule has 0 spiro atoms. The van der Waals surface area contributed by atoms with E-state index in [1.165, 1.54) is 12.8 Å². The molecule has 0 radical (unpaired) electrons. The molecule has 3 atom stereocenters. The zero-order valence-electron chi connectivity index (χ0n) is 14.2. The lowest BCUT2D eigenvalue weighted by Gasteiger charge is -2.28. The second-order valence-corrected chi connectivity index (χ2v) is 7.94. The van der Waals surface area contributed by atoms with E-state index in [0.717, 1.165) is 18.5 Å². The summed E-state index contributed by atoms with van der Waals surface area (Å²) in [4.78, 5) is 26.7. The van der Waals surface area contributed by atoms with Crippen molar-refractivity contribution < 1.29 is 9.59 Å². The monoisotopic (exact) mass is 361 g/mol. The van der Waals surface area contributed by atoms with Crippen LogP contribution in [-0.4, -0.2) is 36.5 Å². The van der Waals surface area contributed by atoms with Crippen LogP contribution in [0.1, 0.15) is 38.5 Å². The first-order valence-electron chi connectivity index (χ1n) is 9.21. The molecule has 4 rings (SSSR count). The molecular formula is C19H24ClN3O2. The number of para-hydroxylation sites is 1. The first-order chi connectivity index (χ1) is 12.1. The van der Waals surface area contributed by atoms with Crippen molar-refractivity contribution in [3.63, 3.8) is 0 Å². The van der Waals surface area contributed by atoms with E-state index in [4.69, 9.17) is 11.6 Å². The molecule has 0 aliphatic carbocycles. The normalized spacial score (nSPS) is 31.4. The second-order valence-electron chi connectivity index (χ2n) is 7.53. The number of carbonyl (C=O) groups excluding carboxylic acids is 2. The SMILES string of the molecule is O=C(CC1CC2CCC(C1)N2)NC1CCN(c2ccccc2Cl)C1=O. The zero-order valence-corrected chi connectivity index (χ0v) is 15.0. The molecule has 3 unspecified atom stereocenters. The number of nitrogens with zero attached hydrogens (tertiary/aromatic N) is 1. The molecule has 3 aliphatic heterocycles. The highest BCUT2D eigenvalue weighted by molar-refractivity contribution is 6.34. The van der Waals surface area contributed by atoms with E-state index in [-0.39, 0.29) is 11.8 Å². The Morgan fingerprint density at radius 2 is 1.92 bits per heavy atom.